The fraction of sp³-hybridized carbons (Fsp3) is 0. The Hall–Kier alpha value is -9.75. The summed E-state index contributed by atoms with van der Waals surface area (Å²) in [6, 6.07) is 93.2. The van der Waals surface area contributed by atoms with Gasteiger partial charge >= 0.3 is 0 Å². The van der Waals surface area contributed by atoms with E-state index in [1.54, 1.807) is 0 Å². The van der Waals surface area contributed by atoms with Gasteiger partial charge in [0.2, 0.25) is 0 Å². The van der Waals surface area contributed by atoms with E-state index in [0.717, 1.165) is 55.8 Å². The molecule has 4 aromatic heterocycles. The first-order chi connectivity index (χ1) is 37.2. The lowest BCUT2D eigenvalue weighted by Gasteiger charge is -2.14. The molecule has 0 aliphatic rings. The van der Waals surface area contributed by atoms with Crippen molar-refractivity contribution in [2.45, 2.75) is 0 Å². The Kier molecular flexibility index (Phi) is 10.00. The van der Waals surface area contributed by atoms with Crippen LogP contribution in [0.2, 0.25) is 0 Å². The summed E-state index contributed by atoms with van der Waals surface area (Å²) < 4.78 is 7.47. The molecule has 0 aliphatic heterocycles. The Morgan fingerprint density at radius 2 is 0.707 bits per heavy atom. The van der Waals surface area contributed by atoms with E-state index in [1.807, 2.05) is 23.5 Å². The predicted molar refractivity (Wildman–Crippen MR) is 314 cm³/mol. The van der Waals surface area contributed by atoms with Crippen LogP contribution in [-0.4, -0.2) is 24.1 Å². The number of para-hydroxylation sites is 3. The highest BCUT2D eigenvalue weighted by Gasteiger charge is 2.24. The van der Waals surface area contributed by atoms with Gasteiger partial charge in [0.1, 0.15) is 0 Å². The number of benzene rings is 11. The van der Waals surface area contributed by atoms with E-state index in [9.17, 15) is 0 Å². The molecule has 15 aromatic rings. The third-order valence-corrected chi connectivity index (χ3v) is 16.0. The Morgan fingerprint density at radius 3 is 1.36 bits per heavy atom. The van der Waals surface area contributed by atoms with E-state index in [4.69, 9.17) is 15.0 Å². The molecule has 0 saturated heterocycles. The number of hydrogen-bond donors (Lipinski definition) is 0. The molecule has 0 saturated carbocycles. The summed E-state index contributed by atoms with van der Waals surface area (Å²) in [6.45, 7) is 0. The summed E-state index contributed by atoms with van der Waals surface area (Å²) >= 11 is 1.89. The van der Waals surface area contributed by atoms with Crippen molar-refractivity contribution in [1.82, 2.24) is 24.1 Å². The van der Waals surface area contributed by atoms with E-state index in [1.165, 1.54) is 69.4 Å². The molecular formula is C69H43N5S. The quantitative estimate of drug-likeness (QED) is 0.152. The van der Waals surface area contributed by atoms with E-state index < -0.39 is 0 Å². The molecule has 0 N–H and O–H groups in total. The van der Waals surface area contributed by atoms with Gasteiger partial charge in [-0.15, -0.1) is 11.3 Å². The van der Waals surface area contributed by atoms with Crippen LogP contribution in [-0.2, 0) is 0 Å². The molecular weight excluding hydrogens is 931 g/mol. The van der Waals surface area contributed by atoms with Crippen LogP contribution in [0, 0.1) is 0 Å². The molecule has 350 valence electrons. The maximum absolute atomic E-state index is 5.37. The second-order valence-electron chi connectivity index (χ2n) is 19.1. The SMILES string of the molecule is c1ccc(-c2cccc(-c3nc(-c4cccc(-n5c6ccccc6c6ccc7c8ccc9c%10ccccc%10n(-c%10ccccc%10-c%10ccccc%10)c9c8sc7c65)c4)nc(-c4ccccc4-c4ccccc4)n3)c2)cc1. The van der Waals surface area contributed by atoms with Crippen molar-refractivity contribution in [2.75, 3.05) is 0 Å². The summed E-state index contributed by atoms with van der Waals surface area (Å²) in [5, 5.41) is 7.37. The molecule has 15 rings (SSSR count). The molecule has 0 bridgehead atoms. The monoisotopic (exact) mass is 973 g/mol. The van der Waals surface area contributed by atoms with Gasteiger partial charge in [0, 0.05) is 60.3 Å². The van der Waals surface area contributed by atoms with Crippen molar-refractivity contribution in [2.24, 2.45) is 0 Å². The average molecular weight is 974 g/mol. The van der Waals surface area contributed by atoms with Crippen LogP contribution in [0.5, 0.6) is 0 Å². The van der Waals surface area contributed by atoms with Crippen LogP contribution >= 0.6 is 11.3 Å². The molecule has 6 heteroatoms. The Labute approximate surface area is 436 Å². The number of hydrogen-bond acceptors (Lipinski definition) is 4. The normalized spacial score (nSPS) is 11.7. The standard InChI is InChI=1S/C69H43N5S/c1-4-20-44(21-5-1)47-26-18-27-48(42-47)67-70-68(72-69(71-67)59-34-11-10-30-51(59)45-22-6-2-7-23-45)49-28-19-29-50(43-49)73-61-36-16-13-32-53(61)55-38-40-57-58-41-39-56-54-33-14-17-37-62(54)74(64(56)66(58)75-65(57)63(55)73)60-35-15-12-31-52(60)46-24-8-3-9-25-46/h1-43H. The second kappa shape index (κ2) is 17.5. The zero-order valence-electron chi connectivity index (χ0n) is 40.5. The maximum Gasteiger partial charge on any atom is 0.164 e. The first-order valence-electron chi connectivity index (χ1n) is 25.3. The summed E-state index contributed by atoms with van der Waals surface area (Å²) in [6.07, 6.45) is 0. The summed E-state index contributed by atoms with van der Waals surface area (Å²) in [4.78, 5) is 16.0. The Balaban J connectivity index is 0.958. The summed E-state index contributed by atoms with van der Waals surface area (Å²) in [5.74, 6) is 1.83. The van der Waals surface area contributed by atoms with E-state index in [0.29, 0.717) is 17.5 Å². The molecule has 11 aromatic carbocycles. The van der Waals surface area contributed by atoms with E-state index in [2.05, 4.69) is 258 Å². The summed E-state index contributed by atoms with van der Waals surface area (Å²) in [7, 11) is 0. The van der Waals surface area contributed by atoms with Crippen LogP contribution in [0.3, 0.4) is 0 Å². The highest BCUT2D eigenvalue weighted by Crippen LogP contribution is 2.48. The van der Waals surface area contributed by atoms with Gasteiger partial charge in [-0.3, -0.25) is 0 Å². The van der Waals surface area contributed by atoms with Gasteiger partial charge < -0.3 is 9.13 Å². The van der Waals surface area contributed by atoms with Crippen molar-refractivity contribution < 1.29 is 0 Å². The molecule has 0 aliphatic carbocycles. The average Bonchev–Trinajstić information content (AvgIpc) is 4.30. The fourth-order valence-electron chi connectivity index (χ4n) is 11.4. The minimum Gasteiger partial charge on any atom is -0.308 e. The molecule has 75 heavy (non-hydrogen) atoms. The third kappa shape index (κ3) is 7.03. The van der Waals surface area contributed by atoms with Crippen LogP contribution in [0.25, 0.3) is 143 Å². The van der Waals surface area contributed by atoms with Crippen molar-refractivity contribution in [3.8, 4) is 78.9 Å². The molecule has 0 amide bonds. The zero-order valence-corrected chi connectivity index (χ0v) is 41.3. The van der Waals surface area contributed by atoms with Gasteiger partial charge in [-0.25, -0.2) is 15.0 Å². The summed E-state index contributed by atoms with van der Waals surface area (Å²) in [5.41, 5.74) is 16.4. The van der Waals surface area contributed by atoms with Crippen LogP contribution in [0.15, 0.2) is 261 Å². The van der Waals surface area contributed by atoms with Gasteiger partial charge in [0.25, 0.3) is 0 Å². The molecule has 0 spiro atoms. The number of rotatable bonds is 8. The minimum absolute atomic E-state index is 0.601. The van der Waals surface area contributed by atoms with Crippen molar-refractivity contribution in [3.63, 3.8) is 0 Å². The van der Waals surface area contributed by atoms with Crippen molar-refractivity contribution in [1.29, 1.82) is 0 Å². The lowest BCUT2D eigenvalue weighted by Crippen LogP contribution is -2.02. The Morgan fingerprint density at radius 1 is 0.267 bits per heavy atom. The molecule has 0 fully saturated rings. The molecule has 4 heterocycles. The third-order valence-electron chi connectivity index (χ3n) is 14.8. The Bertz CT molecular complexity index is 4700. The molecule has 0 unspecified atom stereocenters. The number of fused-ring (bicyclic) bond motifs is 11. The van der Waals surface area contributed by atoms with Crippen molar-refractivity contribution in [3.05, 3.63) is 261 Å². The number of aromatic nitrogens is 5. The van der Waals surface area contributed by atoms with Crippen LogP contribution < -0.4 is 0 Å². The highest BCUT2D eigenvalue weighted by atomic mass is 32.1. The first kappa shape index (κ1) is 42.9. The molecule has 0 atom stereocenters. The highest BCUT2D eigenvalue weighted by molar-refractivity contribution is 7.27. The first-order valence-corrected chi connectivity index (χ1v) is 26.2. The van der Waals surface area contributed by atoms with Gasteiger partial charge in [0.05, 0.1) is 37.2 Å². The van der Waals surface area contributed by atoms with E-state index in [-0.39, 0.29) is 0 Å². The van der Waals surface area contributed by atoms with Gasteiger partial charge in [0.15, 0.2) is 17.5 Å². The van der Waals surface area contributed by atoms with Crippen LogP contribution in [0.1, 0.15) is 0 Å². The fourth-order valence-corrected chi connectivity index (χ4v) is 12.8. The maximum atomic E-state index is 5.37. The predicted octanol–water partition coefficient (Wildman–Crippen LogP) is 18.4. The zero-order chi connectivity index (χ0) is 49.4. The van der Waals surface area contributed by atoms with Crippen molar-refractivity contribution >= 4 is 75.1 Å². The largest absolute Gasteiger partial charge is 0.308 e. The lowest BCUT2D eigenvalue weighted by atomic mass is 9.99. The van der Waals surface area contributed by atoms with E-state index >= 15 is 0 Å². The van der Waals surface area contributed by atoms with Gasteiger partial charge in [-0.1, -0.05) is 224 Å². The minimum atomic E-state index is 0.601. The number of thiophene rings is 1. The van der Waals surface area contributed by atoms with Gasteiger partial charge in [-0.05, 0) is 64.2 Å². The van der Waals surface area contributed by atoms with Gasteiger partial charge in [-0.2, -0.15) is 0 Å². The van der Waals surface area contributed by atoms with Crippen LogP contribution in [0.4, 0.5) is 0 Å². The topological polar surface area (TPSA) is 48.5 Å². The second-order valence-corrected chi connectivity index (χ2v) is 20.1. The lowest BCUT2D eigenvalue weighted by molar-refractivity contribution is 1.07. The number of nitrogens with zero attached hydrogens (tertiary/aromatic N) is 5. The molecule has 5 nitrogen and oxygen atoms in total. The molecule has 0 radical (unpaired) electrons. The smallest absolute Gasteiger partial charge is 0.164 e.